The zero-order valence-corrected chi connectivity index (χ0v) is 10.5. The molecule has 0 bridgehead atoms. The van der Waals surface area contributed by atoms with Gasteiger partial charge in [0.15, 0.2) is 0 Å². The van der Waals surface area contributed by atoms with Crippen LogP contribution in [0.4, 0.5) is 0 Å². The highest BCUT2D eigenvalue weighted by Gasteiger charge is 2.08. The van der Waals surface area contributed by atoms with Gasteiger partial charge < -0.3 is 9.88 Å². The molecular formula is C12H22N4. The van der Waals surface area contributed by atoms with Crippen LogP contribution in [0.3, 0.4) is 0 Å². The second-order valence-corrected chi connectivity index (χ2v) is 4.40. The van der Waals surface area contributed by atoms with Crippen molar-refractivity contribution in [2.24, 2.45) is 0 Å². The van der Waals surface area contributed by atoms with Crippen LogP contribution in [0.25, 0.3) is 0 Å². The molecule has 4 heteroatoms. The molecule has 4 nitrogen and oxygen atoms in total. The van der Waals surface area contributed by atoms with Gasteiger partial charge >= 0.3 is 0 Å². The molecule has 0 aliphatic rings. The van der Waals surface area contributed by atoms with E-state index in [0.29, 0.717) is 12.1 Å². The molecule has 0 aliphatic heterocycles. The Morgan fingerprint density at radius 1 is 1.50 bits per heavy atom. The van der Waals surface area contributed by atoms with Crippen LogP contribution in [-0.4, -0.2) is 20.8 Å². The molecule has 0 amide bonds. The van der Waals surface area contributed by atoms with Gasteiger partial charge in [-0.1, -0.05) is 6.08 Å². The fourth-order valence-electron chi connectivity index (χ4n) is 1.56. The van der Waals surface area contributed by atoms with E-state index < -0.39 is 0 Å². The molecular weight excluding hydrogens is 200 g/mol. The second kappa shape index (κ2) is 6.43. The Morgan fingerprint density at radius 3 is 2.88 bits per heavy atom. The molecule has 0 aliphatic carbocycles. The molecule has 1 rings (SSSR count). The molecule has 0 saturated carbocycles. The van der Waals surface area contributed by atoms with E-state index in [-0.39, 0.29) is 0 Å². The van der Waals surface area contributed by atoms with Crippen LogP contribution in [-0.2, 0) is 6.54 Å². The van der Waals surface area contributed by atoms with Gasteiger partial charge in [-0.15, -0.1) is 16.8 Å². The van der Waals surface area contributed by atoms with Crippen LogP contribution in [0, 0.1) is 0 Å². The fraction of sp³-hybridized carbons (Fsp3) is 0.667. The molecule has 90 valence electrons. The van der Waals surface area contributed by atoms with Crippen molar-refractivity contribution in [3.05, 3.63) is 24.8 Å². The fourth-order valence-corrected chi connectivity index (χ4v) is 1.56. The number of hydrogen-bond donors (Lipinski definition) is 1. The minimum absolute atomic E-state index is 0.412. The zero-order chi connectivity index (χ0) is 12.0. The molecule has 1 aromatic heterocycles. The Morgan fingerprint density at radius 2 is 2.25 bits per heavy atom. The molecule has 0 aromatic carbocycles. The lowest BCUT2D eigenvalue weighted by molar-refractivity contribution is 0.482. The first-order valence-electron chi connectivity index (χ1n) is 5.87. The highest BCUT2D eigenvalue weighted by Crippen LogP contribution is 2.06. The van der Waals surface area contributed by atoms with E-state index in [0.717, 1.165) is 25.2 Å². The van der Waals surface area contributed by atoms with Gasteiger partial charge in [0.2, 0.25) is 0 Å². The van der Waals surface area contributed by atoms with Crippen molar-refractivity contribution in [2.45, 2.75) is 52.2 Å². The molecule has 0 fully saturated rings. The van der Waals surface area contributed by atoms with Gasteiger partial charge in [-0.25, -0.2) is 0 Å². The van der Waals surface area contributed by atoms with Gasteiger partial charge in [-0.3, -0.25) is 0 Å². The van der Waals surface area contributed by atoms with E-state index in [9.17, 15) is 0 Å². The Hall–Kier alpha value is -1.16. The van der Waals surface area contributed by atoms with Gasteiger partial charge in [0.1, 0.15) is 12.2 Å². The summed E-state index contributed by atoms with van der Waals surface area (Å²) in [6, 6.07) is 0.894. The predicted molar refractivity (Wildman–Crippen MR) is 66.1 cm³/mol. The minimum Gasteiger partial charge on any atom is -0.314 e. The van der Waals surface area contributed by atoms with E-state index in [1.807, 2.05) is 6.08 Å². The molecule has 16 heavy (non-hydrogen) atoms. The van der Waals surface area contributed by atoms with E-state index in [2.05, 4.69) is 47.4 Å². The molecule has 0 radical (unpaired) electrons. The summed E-state index contributed by atoms with van der Waals surface area (Å²) in [5.74, 6) is 1.00. The SMILES string of the molecule is C=CCCC(C)NCc1nncn1C(C)C. The maximum Gasteiger partial charge on any atom is 0.147 e. The average Bonchev–Trinajstić information content (AvgIpc) is 2.71. The normalized spacial score (nSPS) is 13.0. The largest absolute Gasteiger partial charge is 0.314 e. The number of aromatic nitrogens is 3. The van der Waals surface area contributed by atoms with Crippen LogP contribution in [0.1, 0.15) is 45.5 Å². The lowest BCUT2D eigenvalue weighted by Gasteiger charge is -2.14. The Bertz CT molecular complexity index is 317. The Balaban J connectivity index is 2.41. The Labute approximate surface area is 97.8 Å². The van der Waals surface area contributed by atoms with Crippen molar-refractivity contribution in [1.82, 2.24) is 20.1 Å². The molecule has 1 aromatic rings. The van der Waals surface area contributed by atoms with Gasteiger partial charge in [0.25, 0.3) is 0 Å². The monoisotopic (exact) mass is 222 g/mol. The lowest BCUT2D eigenvalue weighted by atomic mass is 10.2. The first-order valence-corrected chi connectivity index (χ1v) is 5.87. The highest BCUT2D eigenvalue weighted by molar-refractivity contribution is 4.88. The summed E-state index contributed by atoms with van der Waals surface area (Å²) in [5, 5.41) is 11.5. The number of nitrogens with one attached hydrogen (secondary N) is 1. The van der Waals surface area contributed by atoms with Crippen LogP contribution >= 0.6 is 0 Å². The van der Waals surface area contributed by atoms with Gasteiger partial charge in [0.05, 0.1) is 6.54 Å². The standard InChI is InChI=1S/C12H22N4/c1-5-6-7-11(4)13-8-12-15-14-9-16(12)10(2)3/h5,9-11,13H,1,6-8H2,2-4H3. The zero-order valence-electron chi connectivity index (χ0n) is 10.5. The summed E-state index contributed by atoms with van der Waals surface area (Å²) < 4.78 is 2.09. The maximum atomic E-state index is 4.12. The Kier molecular flexibility index (Phi) is 5.19. The molecule has 1 atom stereocenters. The minimum atomic E-state index is 0.412. The quantitative estimate of drug-likeness (QED) is 0.720. The van der Waals surface area contributed by atoms with Crippen molar-refractivity contribution in [3.8, 4) is 0 Å². The average molecular weight is 222 g/mol. The van der Waals surface area contributed by atoms with Crippen LogP contribution in [0.15, 0.2) is 19.0 Å². The van der Waals surface area contributed by atoms with Gasteiger partial charge in [-0.05, 0) is 33.6 Å². The van der Waals surface area contributed by atoms with Crippen molar-refractivity contribution in [2.75, 3.05) is 0 Å². The topological polar surface area (TPSA) is 42.7 Å². The van der Waals surface area contributed by atoms with Crippen LogP contribution < -0.4 is 5.32 Å². The number of nitrogens with zero attached hydrogens (tertiary/aromatic N) is 3. The molecule has 1 unspecified atom stereocenters. The maximum absolute atomic E-state index is 4.12. The lowest BCUT2D eigenvalue weighted by Crippen LogP contribution is -2.27. The first kappa shape index (κ1) is 12.9. The number of allylic oxidation sites excluding steroid dienone is 1. The summed E-state index contributed by atoms with van der Waals surface area (Å²) >= 11 is 0. The van der Waals surface area contributed by atoms with Crippen LogP contribution in [0.5, 0.6) is 0 Å². The number of hydrogen-bond acceptors (Lipinski definition) is 3. The summed E-state index contributed by atoms with van der Waals surface area (Å²) in [5.41, 5.74) is 0. The third kappa shape index (κ3) is 3.77. The molecule has 0 spiro atoms. The molecule has 0 saturated heterocycles. The van der Waals surface area contributed by atoms with Gasteiger partial charge in [-0.2, -0.15) is 0 Å². The smallest absolute Gasteiger partial charge is 0.147 e. The summed E-state index contributed by atoms with van der Waals surface area (Å²) in [6.07, 6.45) is 5.90. The van der Waals surface area contributed by atoms with Crippen molar-refractivity contribution in [3.63, 3.8) is 0 Å². The third-order valence-electron chi connectivity index (χ3n) is 2.62. The third-order valence-corrected chi connectivity index (χ3v) is 2.62. The molecule has 1 N–H and O–H groups in total. The van der Waals surface area contributed by atoms with Gasteiger partial charge in [0, 0.05) is 12.1 Å². The van der Waals surface area contributed by atoms with E-state index in [1.54, 1.807) is 6.33 Å². The summed E-state index contributed by atoms with van der Waals surface area (Å²) in [4.78, 5) is 0. The first-order chi connectivity index (χ1) is 7.65. The summed E-state index contributed by atoms with van der Waals surface area (Å²) in [7, 11) is 0. The predicted octanol–water partition coefficient (Wildman–Crippen LogP) is 2.30. The summed E-state index contributed by atoms with van der Waals surface area (Å²) in [6.45, 7) is 10.9. The van der Waals surface area contributed by atoms with Crippen molar-refractivity contribution < 1.29 is 0 Å². The van der Waals surface area contributed by atoms with Crippen molar-refractivity contribution in [1.29, 1.82) is 0 Å². The highest BCUT2D eigenvalue weighted by atomic mass is 15.3. The van der Waals surface area contributed by atoms with E-state index in [1.165, 1.54) is 0 Å². The van der Waals surface area contributed by atoms with E-state index in [4.69, 9.17) is 0 Å². The van der Waals surface area contributed by atoms with Crippen molar-refractivity contribution >= 4 is 0 Å². The van der Waals surface area contributed by atoms with Crippen LogP contribution in [0.2, 0.25) is 0 Å². The number of rotatable bonds is 7. The molecule has 1 heterocycles. The van der Waals surface area contributed by atoms with E-state index >= 15 is 0 Å². The second-order valence-electron chi connectivity index (χ2n) is 4.40.